The first-order chi connectivity index (χ1) is 10.2. The van der Waals surface area contributed by atoms with Crippen LogP contribution in [0.3, 0.4) is 0 Å². The predicted molar refractivity (Wildman–Crippen MR) is 87.6 cm³/mol. The number of nitrogens with two attached hydrogens (primary N) is 1. The van der Waals surface area contributed by atoms with Crippen LogP contribution in [-0.2, 0) is 0 Å². The summed E-state index contributed by atoms with van der Waals surface area (Å²) in [6.45, 7) is 1.54. The highest BCUT2D eigenvalue weighted by Gasteiger charge is 2.30. The molecule has 4 N–H and O–H groups in total. The lowest BCUT2D eigenvalue weighted by Gasteiger charge is -2.36. The summed E-state index contributed by atoms with van der Waals surface area (Å²) in [5.74, 6) is 0.789. The molecule has 1 aliphatic rings. The molecule has 4 nitrogen and oxygen atoms in total. The van der Waals surface area contributed by atoms with Gasteiger partial charge in [-0.1, -0.05) is 31.4 Å². The Hall–Kier alpha value is -1.81. The van der Waals surface area contributed by atoms with Crippen molar-refractivity contribution in [1.82, 2.24) is 4.98 Å². The van der Waals surface area contributed by atoms with E-state index in [1.807, 2.05) is 24.3 Å². The van der Waals surface area contributed by atoms with Crippen molar-refractivity contribution in [2.75, 3.05) is 18.4 Å². The summed E-state index contributed by atoms with van der Waals surface area (Å²) in [5, 5.41) is 4.13. The summed E-state index contributed by atoms with van der Waals surface area (Å²) >= 11 is 0. The molecule has 4 heteroatoms. The van der Waals surface area contributed by atoms with Crippen LogP contribution in [-0.4, -0.2) is 18.1 Å². The van der Waals surface area contributed by atoms with Gasteiger partial charge in [0.2, 0.25) is 0 Å². The van der Waals surface area contributed by atoms with Gasteiger partial charge in [-0.05, 0) is 36.9 Å². The van der Waals surface area contributed by atoms with Crippen LogP contribution in [0, 0.1) is 5.41 Å². The van der Waals surface area contributed by atoms with Gasteiger partial charge in [-0.15, -0.1) is 0 Å². The molecule has 1 aliphatic carbocycles. The third-order valence-electron chi connectivity index (χ3n) is 4.74. The molecule has 0 unspecified atom stereocenters. The molecule has 21 heavy (non-hydrogen) atoms. The minimum atomic E-state index is 0.0530. The molecule has 3 rings (SSSR count). The van der Waals surface area contributed by atoms with Crippen molar-refractivity contribution in [2.45, 2.75) is 32.1 Å². The van der Waals surface area contributed by atoms with E-state index < -0.39 is 0 Å². The number of aromatic amines is 1. The maximum absolute atomic E-state index is 12.1. The normalized spacial score (nSPS) is 17.8. The zero-order valence-electron chi connectivity index (χ0n) is 12.3. The first kappa shape index (κ1) is 14.1. The summed E-state index contributed by atoms with van der Waals surface area (Å²) in [4.78, 5) is 15.4. The van der Waals surface area contributed by atoms with Crippen LogP contribution < -0.4 is 16.5 Å². The van der Waals surface area contributed by atoms with Gasteiger partial charge in [-0.25, -0.2) is 0 Å². The maximum Gasteiger partial charge on any atom is 0.191 e. The number of anilines is 1. The van der Waals surface area contributed by atoms with E-state index in [-0.39, 0.29) is 10.8 Å². The Morgan fingerprint density at radius 1 is 1.19 bits per heavy atom. The molecule has 0 saturated heterocycles. The van der Waals surface area contributed by atoms with Gasteiger partial charge < -0.3 is 16.0 Å². The van der Waals surface area contributed by atoms with E-state index in [4.69, 9.17) is 5.73 Å². The first-order valence-electron chi connectivity index (χ1n) is 7.78. The van der Waals surface area contributed by atoms with Crippen LogP contribution >= 0.6 is 0 Å². The molecule has 1 aromatic heterocycles. The van der Waals surface area contributed by atoms with Crippen molar-refractivity contribution in [3.05, 3.63) is 40.6 Å². The molecular formula is C17H23N3O. The van der Waals surface area contributed by atoms with Gasteiger partial charge in [0.05, 0.1) is 5.52 Å². The summed E-state index contributed by atoms with van der Waals surface area (Å²) in [5.41, 5.74) is 7.12. The zero-order valence-corrected chi connectivity index (χ0v) is 12.3. The minimum Gasteiger partial charge on any atom is -0.371 e. The number of benzene rings is 1. The Morgan fingerprint density at radius 2 is 1.95 bits per heavy atom. The van der Waals surface area contributed by atoms with Crippen molar-refractivity contribution in [3.63, 3.8) is 0 Å². The lowest BCUT2D eigenvalue weighted by Crippen LogP contribution is -2.39. The van der Waals surface area contributed by atoms with Gasteiger partial charge in [0.1, 0.15) is 5.82 Å². The van der Waals surface area contributed by atoms with E-state index in [1.165, 1.54) is 32.1 Å². The number of H-pyrrole nitrogens is 1. The molecule has 0 atom stereocenters. The number of pyridine rings is 1. The number of fused-ring (bicyclic) bond motifs is 1. The molecule has 0 bridgehead atoms. The molecule has 0 amide bonds. The lowest BCUT2D eigenvalue weighted by molar-refractivity contribution is 0.215. The van der Waals surface area contributed by atoms with Gasteiger partial charge in [0, 0.05) is 18.0 Å². The van der Waals surface area contributed by atoms with Crippen LogP contribution in [0.25, 0.3) is 10.9 Å². The Kier molecular flexibility index (Phi) is 3.97. The molecule has 0 aliphatic heterocycles. The maximum atomic E-state index is 12.1. The van der Waals surface area contributed by atoms with Crippen molar-refractivity contribution < 1.29 is 0 Å². The first-order valence-corrected chi connectivity index (χ1v) is 7.78. The number of nitrogens with one attached hydrogen (secondary N) is 2. The van der Waals surface area contributed by atoms with Crippen molar-refractivity contribution >= 4 is 16.7 Å². The van der Waals surface area contributed by atoms with Gasteiger partial charge >= 0.3 is 0 Å². The van der Waals surface area contributed by atoms with E-state index >= 15 is 0 Å². The highest BCUT2D eigenvalue weighted by atomic mass is 16.1. The third-order valence-corrected chi connectivity index (χ3v) is 4.74. The minimum absolute atomic E-state index is 0.0530. The largest absolute Gasteiger partial charge is 0.371 e. The molecular weight excluding hydrogens is 262 g/mol. The highest BCUT2D eigenvalue weighted by molar-refractivity contribution is 5.79. The topological polar surface area (TPSA) is 70.9 Å². The molecule has 0 radical (unpaired) electrons. The Balaban J connectivity index is 1.80. The number of para-hydroxylation sites is 1. The molecule has 1 saturated carbocycles. The van der Waals surface area contributed by atoms with Crippen molar-refractivity contribution in [3.8, 4) is 0 Å². The Labute approximate surface area is 124 Å². The smallest absolute Gasteiger partial charge is 0.191 e. The van der Waals surface area contributed by atoms with E-state index in [0.29, 0.717) is 6.54 Å². The molecule has 1 fully saturated rings. The standard InChI is InChI=1S/C17H23N3O/c18-11-17(8-4-1-5-9-17)12-19-16-10-15(21)13-6-2-3-7-14(13)20-16/h2-3,6-7,10H,1,4-5,8-9,11-12,18H2,(H2,19,20,21). The van der Waals surface area contributed by atoms with E-state index in [1.54, 1.807) is 6.07 Å². The SMILES string of the molecule is NCC1(CNc2cc(=O)c3ccccc3[nH]2)CCCCC1. The average Bonchev–Trinajstić information content (AvgIpc) is 2.54. The second-order valence-corrected chi connectivity index (χ2v) is 6.21. The second-order valence-electron chi connectivity index (χ2n) is 6.21. The monoisotopic (exact) mass is 285 g/mol. The Morgan fingerprint density at radius 3 is 2.71 bits per heavy atom. The third kappa shape index (κ3) is 2.95. The number of rotatable bonds is 4. The molecule has 1 heterocycles. The Bertz CT molecular complexity index is 671. The van der Waals surface area contributed by atoms with Crippen molar-refractivity contribution in [2.24, 2.45) is 11.1 Å². The predicted octanol–water partition coefficient (Wildman–Crippen LogP) is 2.85. The number of aromatic nitrogens is 1. The number of hydrogen-bond donors (Lipinski definition) is 3. The average molecular weight is 285 g/mol. The summed E-state index contributed by atoms with van der Waals surface area (Å²) in [7, 11) is 0. The van der Waals surface area contributed by atoms with E-state index in [9.17, 15) is 4.79 Å². The fraction of sp³-hybridized carbons (Fsp3) is 0.471. The second kappa shape index (κ2) is 5.90. The fourth-order valence-corrected chi connectivity index (χ4v) is 3.33. The fourth-order valence-electron chi connectivity index (χ4n) is 3.33. The summed E-state index contributed by atoms with van der Waals surface area (Å²) in [6.07, 6.45) is 6.18. The van der Waals surface area contributed by atoms with Crippen molar-refractivity contribution in [1.29, 1.82) is 0 Å². The van der Waals surface area contributed by atoms with Crippen LogP contribution in [0.5, 0.6) is 0 Å². The molecule has 2 aromatic rings. The summed E-state index contributed by atoms with van der Waals surface area (Å²) in [6, 6.07) is 9.25. The van der Waals surface area contributed by atoms with Gasteiger partial charge in [0.15, 0.2) is 5.43 Å². The summed E-state index contributed by atoms with van der Waals surface area (Å²) < 4.78 is 0. The van der Waals surface area contributed by atoms with Gasteiger partial charge in [-0.3, -0.25) is 4.79 Å². The molecule has 1 aromatic carbocycles. The van der Waals surface area contributed by atoms with Crippen LogP contribution in [0.1, 0.15) is 32.1 Å². The van der Waals surface area contributed by atoms with Crippen LogP contribution in [0.15, 0.2) is 35.1 Å². The van der Waals surface area contributed by atoms with Crippen LogP contribution in [0.4, 0.5) is 5.82 Å². The van der Waals surface area contributed by atoms with E-state index in [2.05, 4.69) is 10.3 Å². The number of hydrogen-bond acceptors (Lipinski definition) is 3. The van der Waals surface area contributed by atoms with Gasteiger partial charge in [-0.2, -0.15) is 0 Å². The lowest BCUT2D eigenvalue weighted by atomic mass is 9.74. The van der Waals surface area contributed by atoms with Gasteiger partial charge in [0.25, 0.3) is 0 Å². The quantitative estimate of drug-likeness (QED) is 0.809. The highest BCUT2D eigenvalue weighted by Crippen LogP contribution is 2.35. The zero-order chi connectivity index (χ0) is 14.7. The van der Waals surface area contributed by atoms with E-state index in [0.717, 1.165) is 23.3 Å². The van der Waals surface area contributed by atoms with Crippen LogP contribution in [0.2, 0.25) is 0 Å². The molecule has 0 spiro atoms. The molecule has 112 valence electrons.